The Bertz CT molecular complexity index is 1180. The molecule has 190 valence electrons. The second kappa shape index (κ2) is 11.9. The van der Waals surface area contributed by atoms with E-state index in [4.69, 9.17) is 14.2 Å². The first-order valence-electron chi connectivity index (χ1n) is 11.3. The Labute approximate surface area is 220 Å². The van der Waals surface area contributed by atoms with Crippen molar-refractivity contribution in [2.24, 2.45) is 0 Å². The van der Waals surface area contributed by atoms with E-state index in [9.17, 15) is 18.8 Å². The van der Waals surface area contributed by atoms with Crippen LogP contribution in [0.3, 0.4) is 0 Å². The van der Waals surface area contributed by atoms with Crippen LogP contribution in [0.25, 0.3) is 6.08 Å². The smallest absolute Gasteiger partial charge is 0.294 e. The molecule has 2 aromatic rings. The Hall–Kier alpha value is -2.89. The van der Waals surface area contributed by atoms with Crippen molar-refractivity contribution in [3.8, 4) is 11.5 Å². The lowest BCUT2D eigenvalue weighted by molar-refractivity contribution is -0.139. The molecule has 2 saturated heterocycles. The lowest BCUT2D eigenvalue weighted by Gasteiger charge is -2.28. The summed E-state index contributed by atoms with van der Waals surface area (Å²) in [4.78, 5) is 40.7. The third-order valence-corrected chi connectivity index (χ3v) is 6.95. The first-order chi connectivity index (χ1) is 17.4. The zero-order valence-corrected chi connectivity index (χ0v) is 21.9. The fourth-order valence-electron chi connectivity index (χ4n) is 3.65. The van der Waals surface area contributed by atoms with Crippen LogP contribution in [0.4, 0.5) is 9.18 Å². The van der Waals surface area contributed by atoms with E-state index >= 15 is 0 Å². The molecule has 0 N–H and O–H groups in total. The number of rotatable bonds is 8. The number of amides is 3. The van der Waals surface area contributed by atoms with Crippen LogP contribution in [0.5, 0.6) is 11.5 Å². The van der Waals surface area contributed by atoms with Crippen LogP contribution >= 0.6 is 27.7 Å². The van der Waals surface area contributed by atoms with E-state index in [1.807, 2.05) is 6.92 Å². The summed E-state index contributed by atoms with van der Waals surface area (Å²) in [6, 6.07) is 9.45. The topological polar surface area (TPSA) is 85.4 Å². The molecule has 11 heteroatoms. The third kappa shape index (κ3) is 6.26. The molecular formula is C25H24BrFN2O6S. The first-order valence-corrected chi connectivity index (χ1v) is 12.9. The second-order valence-corrected chi connectivity index (χ2v) is 9.79. The molecule has 0 radical (unpaired) electrons. The van der Waals surface area contributed by atoms with Crippen LogP contribution < -0.4 is 9.47 Å². The monoisotopic (exact) mass is 578 g/mol. The summed E-state index contributed by atoms with van der Waals surface area (Å²) in [5, 5.41) is -0.490. The van der Waals surface area contributed by atoms with Crippen molar-refractivity contribution in [2.45, 2.75) is 13.5 Å². The predicted molar refractivity (Wildman–Crippen MR) is 136 cm³/mol. The van der Waals surface area contributed by atoms with Crippen molar-refractivity contribution >= 4 is 50.8 Å². The Balaban J connectivity index is 1.50. The highest BCUT2D eigenvalue weighted by atomic mass is 79.9. The fraction of sp³-hybridized carbons (Fsp3) is 0.320. The van der Waals surface area contributed by atoms with Crippen molar-refractivity contribution in [3.63, 3.8) is 0 Å². The van der Waals surface area contributed by atoms with Crippen molar-refractivity contribution in [3.05, 3.63) is 62.7 Å². The van der Waals surface area contributed by atoms with Gasteiger partial charge < -0.3 is 19.1 Å². The molecule has 36 heavy (non-hydrogen) atoms. The van der Waals surface area contributed by atoms with Crippen LogP contribution in [0, 0.1) is 5.82 Å². The molecule has 0 bridgehead atoms. The standard InChI is InChI=1S/C25H24BrFN2O6S/c1-2-34-20-12-17(11-19(26)23(20)35-15-16-3-5-18(27)6-4-16)13-21-24(31)29(25(32)36-21)14-22(30)28-7-9-33-10-8-28/h3-6,11-13H,2,7-10,14-15H2,1H3/b21-13+. The van der Waals surface area contributed by atoms with E-state index in [1.54, 1.807) is 35.2 Å². The highest BCUT2D eigenvalue weighted by molar-refractivity contribution is 9.10. The molecule has 2 aliphatic heterocycles. The summed E-state index contributed by atoms with van der Waals surface area (Å²) in [6.45, 7) is 3.87. The number of hydrogen-bond acceptors (Lipinski definition) is 7. The molecule has 4 rings (SSSR count). The average Bonchev–Trinajstić information content (AvgIpc) is 3.12. The van der Waals surface area contributed by atoms with Crippen molar-refractivity contribution in [1.29, 1.82) is 0 Å². The normalized spacial score (nSPS) is 17.1. The number of benzene rings is 2. The number of thioether (sulfide) groups is 1. The average molecular weight is 579 g/mol. The molecular weight excluding hydrogens is 555 g/mol. The van der Waals surface area contributed by atoms with E-state index in [0.717, 1.165) is 22.2 Å². The molecule has 8 nitrogen and oxygen atoms in total. The number of carbonyl (C=O) groups excluding carboxylic acids is 3. The highest BCUT2D eigenvalue weighted by Crippen LogP contribution is 2.39. The van der Waals surface area contributed by atoms with Crippen LogP contribution in [0.15, 0.2) is 45.8 Å². The summed E-state index contributed by atoms with van der Waals surface area (Å²) < 4.78 is 30.7. The quantitative estimate of drug-likeness (QED) is 0.427. The molecule has 2 heterocycles. The number of hydrogen-bond donors (Lipinski definition) is 0. The summed E-state index contributed by atoms with van der Waals surface area (Å²) in [5.41, 5.74) is 1.40. The molecule has 0 aliphatic carbocycles. The van der Waals surface area contributed by atoms with E-state index < -0.39 is 11.1 Å². The van der Waals surface area contributed by atoms with Crippen molar-refractivity contribution in [1.82, 2.24) is 9.80 Å². The zero-order valence-electron chi connectivity index (χ0n) is 19.5. The lowest BCUT2D eigenvalue weighted by atomic mass is 10.1. The molecule has 2 aromatic carbocycles. The number of imide groups is 1. The largest absolute Gasteiger partial charge is 0.490 e. The van der Waals surface area contributed by atoms with E-state index in [2.05, 4.69) is 15.9 Å². The number of carbonyl (C=O) groups is 3. The SMILES string of the molecule is CCOc1cc(/C=C2/SC(=O)N(CC(=O)N3CCOCC3)C2=O)cc(Br)c1OCc1ccc(F)cc1. The second-order valence-electron chi connectivity index (χ2n) is 7.94. The van der Waals surface area contributed by atoms with Crippen LogP contribution in [0.2, 0.25) is 0 Å². The van der Waals surface area contributed by atoms with Gasteiger partial charge in [-0.2, -0.15) is 0 Å². The van der Waals surface area contributed by atoms with Gasteiger partial charge in [-0.25, -0.2) is 4.39 Å². The van der Waals surface area contributed by atoms with E-state index in [1.165, 1.54) is 12.1 Å². The minimum Gasteiger partial charge on any atom is -0.490 e. The van der Waals surface area contributed by atoms with Crippen LogP contribution in [-0.2, 0) is 20.9 Å². The molecule has 0 saturated carbocycles. The molecule has 0 spiro atoms. The van der Waals surface area contributed by atoms with Gasteiger partial charge in [0.05, 0.1) is 29.2 Å². The predicted octanol–water partition coefficient (Wildman–Crippen LogP) is 4.46. The molecule has 0 atom stereocenters. The fourth-order valence-corrected chi connectivity index (χ4v) is 5.06. The van der Waals surface area contributed by atoms with Gasteiger partial charge in [0.2, 0.25) is 5.91 Å². The third-order valence-electron chi connectivity index (χ3n) is 5.46. The molecule has 2 fully saturated rings. The van der Waals surface area contributed by atoms with Gasteiger partial charge in [0, 0.05) is 13.1 Å². The molecule has 0 aromatic heterocycles. The summed E-state index contributed by atoms with van der Waals surface area (Å²) >= 11 is 4.28. The summed E-state index contributed by atoms with van der Waals surface area (Å²) in [5.74, 6) is -0.220. The van der Waals surface area contributed by atoms with E-state index in [-0.39, 0.29) is 29.8 Å². The zero-order chi connectivity index (χ0) is 25.7. The van der Waals surface area contributed by atoms with Gasteiger partial charge in [-0.05, 0) is 76.1 Å². The Morgan fingerprint density at radius 2 is 1.89 bits per heavy atom. The maximum Gasteiger partial charge on any atom is 0.294 e. The minimum absolute atomic E-state index is 0.203. The number of nitrogens with zero attached hydrogens (tertiary/aromatic N) is 2. The number of ether oxygens (including phenoxy) is 3. The highest BCUT2D eigenvalue weighted by Gasteiger charge is 2.37. The van der Waals surface area contributed by atoms with Crippen LogP contribution in [0.1, 0.15) is 18.1 Å². The van der Waals surface area contributed by atoms with Gasteiger partial charge in [0.15, 0.2) is 11.5 Å². The van der Waals surface area contributed by atoms with Crippen molar-refractivity contribution in [2.75, 3.05) is 39.5 Å². The summed E-state index contributed by atoms with van der Waals surface area (Å²) in [7, 11) is 0. The number of halogens is 2. The molecule has 2 aliphatic rings. The molecule has 0 unspecified atom stereocenters. The Morgan fingerprint density at radius 3 is 2.58 bits per heavy atom. The van der Waals surface area contributed by atoms with Gasteiger partial charge in [0.25, 0.3) is 11.1 Å². The van der Waals surface area contributed by atoms with Gasteiger partial charge in [-0.1, -0.05) is 12.1 Å². The molecule has 3 amide bonds. The van der Waals surface area contributed by atoms with Crippen molar-refractivity contribution < 1.29 is 33.0 Å². The maximum atomic E-state index is 13.2. The maximum absolute atomic E-state index is 13.2. The van der Waals surface area contributed by atoms with Gasteiger partial charge in [-0.15, -0.1) is 0 Å². The summed E-state index contributed by atoms with van der Waals surface area (Å²) in [6.07, 6.45) is 1.58. The lowest BCUT2D eigenvalue weighted by Crippen LogP contribution is -2.46. The van der Waals surface area contributed by atoms with E-state index in [0.29, 0.717) is 54.4 Å². The van der Waals surface area contributed by atoms with Crippen LogP contribution in [-0.4, -0.2) is 66.3 Å². The minimum atomic E-state index is -0.516. The van der Waals surface area contributed by atoms with Gasteiger partial charge in [-0.3, -0.25) is 19.3 Å². The number of morpholine rings is 1. The Kier molecular flexibility index (Phi) is 8.65. The Morgan fingerprint density at radius 1 is 1.17 bits per heavy atom. The van der Waals surface area contributed by atoms with Gasteiger partial charge >= 0.3 is 0 Å². The van der Waals surface area contributed by atoms with Gasteiger partial charge in [0.1, 0.15) is 19.0 Å². The first kappa shape index (κ1) is 26.2.